The number of aromatic nitrogens is 5. The van der Waals surface area contributed by atoms with E-state index in [9.17, 15) is 5.26 Å². The van der Waals surface area contributed by atoms with Gasteiger partial charge in [-0.25, -0.2) is 42.2 Å². The van der Waals surface area contributed by atoms with Crippen LogP contribution < -0.4 is 22.8 Å². The first-order valence-corrected chi connectivity index (χ1v) is 43.6. The van der Waals surface area contributed by atoms with E-state index in [-0.39, 0.29) is 0 Å². The highest BCUT2D eigenvalue weighted by Crippen LogP contribution is 2.50. The molecule has 10 heterocycles. The van der Waals surface area contributed by atoms with Crippen molar-refractivity contribution >= 4 is 132 Å². The molecule has 11 aromatic carbocycles. The number of furan rings is 5. The van der Waals surface area contributed by atoms with Gasteiger partial charge in [0.1, 0.15) is 91.1 Å². The Morgan fingerprint density at radius 2 is 0.672 bits per heavy atom. The minimum atomic E-state index is 0.576. The highest BCUT2D eigenvalue weighted by Gasteiger charge is 2.31. The monoisotopic (exact) mass is 1710 g/mol. The largest absolute Gasteiger partial charge is 0.466 e. The standard InChI is InChI=1S/C28H23N2O.4C22H19N2O/c1-17-11-12-21(18(2)14-17)22-15-19(3)25(23-9-5-6-13-30(23)4)28-27(22)26-20(16-29)8-7-10-24(26)31-28;1-13-9-10-16-17-12-14(2)15(3)20(23-4)22(17)25-21(16)19(13)18-8-6-7-11-24(18)5;1-13-9-10-16-18-14(2)12-15(3)19(17-8-6-7-11-24(17)5)22(18)25-21(16)20(13)23-4;1-13-9-10-16-18-14(2)12-15(3)20(23-4)22(18)25-21(16)19(13)17-8-6-7-11-24(17)5;1-13-10-16-19-14(2)12-15(3)20(18-8-6-7-9-24(18)5)22(19)25-21(16)17(11-13)23-4/h5-15H,1-4H3;4*6-12H,1-3,5H3/q5*+1. The smallest absolute Gasteiger partial charge is 0.232 e. The molecule has 0 aliphatic heterocycles. The van der Waals surface area contributed by atoms with Gasteiger partial charge in [-0.3, -0.25) is 0 Å². The molecule has 0 saturated carbocycles. The fourth-order valence-corrected chi connectivity index (χ4v) is 19.3. The predicted octanol–water partition coefficient (Wildman–Crippen LogP) is 28.8. The summed E-state index contributed by atoms with van der Waals surface area (Å²) in [5.74, 6) is 0. The third-order valence-electron chi connectivity index (χ3n) is 25.7. The third-order valence-corrected chi connectivity index (χ3v) is 25.7. The molecule has 15 heteroatoms. The summed E-state index contributed by atoms with van der Waals surface area (Å²) < 4.78 is 42.3. The lowest BCUT2D eigenvalue weighted by molar-refractivity contribution is -0.660. The van der Waals surface area contributed by atoms with Crippen LogP contribution in [0.25, 0.3) is 196 Å². The van der Waals surface area contributed by atoms with Crippen LogP contribution >= 0.6 is 0 Å². The Bertz CT molecular complexity index is 8560. The Hall–Kier alpha value is -16.4. The van der Waals surface area contributed by atoms with Gasteiger partial charge in [-0.05, 0) is 242 Å². The van der Waals surface area contributed by atoms with E-state index in [1.165, 1.54) is 33.4 Å². The number of rotatable bonds is 6. The van der Waals surface area contributed by atoms with E-state index in [2.05, 4.69) is 240 Å². The molecular weight excluding hydrogens is 1610 g/mol. The van der Waals surface area contributed by atoms with Crippen molar-refractivity contribution in [3.8, 4) is 73.5 Å². The zero-order chi connectivity index (χ0) is 92.6. The topological polar surface area (TPSA) is 126 Å². The highest BCUT2D eigenvalue weighted by molar-refractivity contribution is 6.21. The lowest BCUT2D eigenvalue weighted by Crippen LogP contribution is -2.30. The van der Waals surface area contributed by atoms with Crippen LogP contribution in [0.15, 0.2) is 259 Å². The van der Waals surface area contributed by atoms with Gasteiger partial charge in [0.2, 0.25) is 51.2 Å². The summed E-state index contributed by atoms with van der Waals surface area (Å²) in [6.07, 6.45) is 10.2. The molecule has 0 bridgehead atoms. The van der Waals surface area contributed by atoms with Gasteiger partial charge in [-0.1, -0.05) is 102 Å². The van der Waals surface area contributed by atoms with Crippen LogP contribution in [0.2, 0.25) is 0 Å². The maximum atomic E-state index is 9.86. The first-order chi connectivity index (χ1) is 63.1. The summed E-state index contributed by atoms with van der Waals surface area (Å²) in [6, 6.07) is 72.8. The number of benzene rings is 11. The van der Waals surface area contributed by atoms with E-state index < -0.39 is 0 Å². The summed E-state index contributed by atoms with van der Waals surface area (Å²) in [4.78, 5) is 14.9. The van der Waals surface area contributed by atoms with Crippen LogP contribution in [-0.2, 0) is 35.2 Å². The first-order valence-electron chi connectivity index (χ1n) is 43.6. The predicted molar refractivity (Wildman–Crippen MR) is 528 cm³/mol. The lowest BCUT2D eigenvalue weighted by Gasteiger charge is -2.13. The number of nitriles is 1. The second kappa shape index (κ2) is 34.8. The van der Waals surface area contributed by atoms with E-state index in [4.69, 9.17) is 48.4 Å². The summed E-state index contributed by atoms with van der Waals surface area (Å²) in [7, 11) is 10.2. The van der Waals surface area contributed by atoms with Gasteiger partial charge in [0.05, 0.1) is 65.7 Å². The number of aryl methyl sites for hydroxylation is 19. The van der Waals surface area contributed by atoms with Crippen LogP contribution in [0.4, 0.5) is 22.7 Å². The van der Waals surface area contributed by atoms with Gasteiger partial charge >= 0.3 is 0 Å². The van der Waals surface area contributed by atoms with E-state index in [0.717, 1.165) is 205 Å². The fourth-order valence-electron chi connectivity index (χ4n) is 19.3. The molecule has 0 N–H and O–H groups in total. The van der Waals surface area contributed by atoms with Crippen LogP contribution in [0.1, 0.15) is 89.0 Å². The van der Waals surface area contributed by atoms with Crippen molar-refractivity contribution < 1.29 is 44.9 Å². The van der Waals surface area contributed by atoms with Crippen molar-refractivity contribution in [2.45, 2.75) is 104 Å². The molecule has 15 nitrogen and oxygen atoms in total. The Morgan fingerprint density at radius 1 is 0.260 bits per heavy atom. The first kappa shape index (κ1) is 86.7. The van der Waals surface area contributed by atoms with Gasteiger partial charge < -0.3 is 22.1 Å². The SMILES string of the molecule is Cc1ccc(-c2cc(C)c(-c3cccc[n+]3C)c3oc4cccc(C#N)c4c23)c(C)c1.[C-]#[N+]c1c(C)c(C)cc2c1oc1c(-c3cccc[n+]3C)c(C)ccc12.[C-]#[N+]c1c(C)cc(C)c2c1oc1c(-c3cccc[n+]3C)c(C)ccc12.[C-]#[N+]c1c(C)ccc2c1oc1c(-c3cccc[n+]3C)c(C)cc(C)c12.[C-]#[N+]c1cc(C)cc2c1oc1c(-c3cccc[n+]3C)c(C)cc(C)c12. The normalized spacial score (nSPS) is 11.2. The quantitative estimate of drug-likeness (QED) is 0.121. The molecule has 21 rings (SSSR count). The van der Waals surface area contributed by atoms with Gasteiger partial charge in [-0.15, -0.1) is 0 Å². The van der Waals surface area contributed by atoms with Gasteiger partial charge in [0.15, 0.2) is 31.0 Å². The second-order valence-electron chi connectivity index (χ2n) is 34.7. The number of hydrogen-bond donors (Lipinski definition) is 0. The molecular formula is C116H99N10O5+5. The number of nitrogens with zero attached hydrogens (tertiary/aromatic N) is 10. The summed E-state index contributed by atoms with van der Waals surface area (Å²) in [5, 5.41) is 20.2. The van der Waals surface area contributed by atoms with Crippen molar-refractivity contribution in [1.82, 2.24) is 0 Å². The molecule has 0 aliphatic rings. The minimum absolute atomic E-state index is 0.576. The number of pyridine rings is 5. The average molecular weight is 1710 g/mol. The molecule has 0 amide bonds. The Balaban J connectivity index is 0.000000115. The average Bonchev–Trinajstić information content (AvgIpc) is 1.62. The maximum absolute atomic E-state index is 9.86. The Labute approximate surface area is 762 Å². The van der Waals surface area contributed by atoms with Gasteiger partial charge in [-0.2, -0.15) is 5.26 Å². The minimum Gasteiger partial charge on any atom is -0.466 e. The Morgan fingerprint density at radius 3 is 1.16 bits per heavy atom. The van der Waals surface area contributed by atoms with Crippen LogP contribution in [0.3, 0.4) is 0 Å². The lowest BCUT2D eigenvalue weighted by atomic mass is 9.89. The molecule has 0 radical (unpaired) electrons. The van der Waals surface area contributed by atoms with Crippen molar-refractivity contribution in [2.75, 3.05) is 0 Å². The third kappa shape index (κ3) is 15.1. The molecule has 0 unspecified atom stereocenters. The Kier molecular flexibility index (Phi) is 23.0. The zero-order valence-electron chi connectivity index (χ0n) is 77.5. The molecule has 0 atom stereocenters. The summed E-state index contributed by atoms with van der Waals surface area (Å²) in [6.45, 7) is 61.3. The van der Waals surface area contributed by atoms with E-state index in [1.807, 2.05) is 185 Å². The number of hydrogen-bond acceptors (Lipinski definition) is 6. The van der Waals surface area contributed by atoms with Crippen molar-refractivity contribution in [3.05, 3.63) is 372 Å². The van der Waals surface area contributed by atoms with Crippen molar-refractivity contribution in [2.24, 2.45) is 35.2 Å². The van der Waals surface area contributed by atoms with Crippen molar-refractivity contribution in [1.29, 1.82) is 5.26 Å². The molecule has 21 aromatic rings. The molecule has 0 saturated heterocycles. The van der Waals surface area contributed by atoms with E-state index in [0.29, 0.717) is 50.6 Å². The molecule has 10 aromatic heterocycles. The molecule has 131 heavy (non-hydrogen) atoms. The van der Waals surface area contributed by atoms with E-state index >= 15 is 0 Å². The highest BCUT2D eigenvalue weighted by atomic mass is 16.3. The second-order valence-corrected chi connectivity index (χ2v) is 34.7. The molecule has 0 aliphatic carbocycles. The van der Waals surface area contributed by atoms with E-state index in [1.54, 1.807) is 0 Å². The van der Waals surface area contributed by atoms with Crippen LogP contribution in [0.5, 0.6) is 0 Å². The summed E-state index contributed by atoms with van der Waals surface area (Å²) in [5.41, 5.74) is 40.8. The maximum Gasteiger partial charge on any atom is 0.232 e. The molecule has 0 spiro atoms. The zero-order valence-corrected chi connectivity index (χ0v) is 77.5. The number of fused-ring (bicyclic) bond motifs is 15. The van der Waals surface area contributed by atoms with Crippen LogP contribution in [-0.4, -0.2) is 0 Å². The summed E-state index contributed by atoms with van der Waals surface area (Å²) >= 11 is 0. The van der Waals surface area contributed by atoms with Gasteiger partial charge in [0.25, 0.3) is 0 Å². The van der Waals surface area contributed by atoms with Gasteiger partial charge in [0, 0.05) is 115 Å². The van der Waals surface area contributed by atoms with Crippen LogP contribution in [0, 0.1) is 141 Å². The molecule has 0 fully saturated rings. The van der Waals surface area contributed by atoms with Crippen molar-refractivity contribution in [3.63, 3.8) is 0 Å². The fraction of sp³-hybridized carbons (Fsp3) is 0.172. The molecule has 638 valence electrons.